The van der Waals surface area contributed by atoms with E-state index in [4.69, 9.17) is 4.74 Å². The van der Waals surface area contributed by atoms with Gasteiger partial charge in [-0.15, -0.1) is 0 Å². The Labute approximate surface area is 170 Å². The normalized spacial score (nSPS) is 16.5. The summed E-state index contributed by atoms with van der Waals surface area (Å²) in [5.41, 5.74) is 2.42. The molecule has 2 aromatic heterocycles. The molecule has 0 fully saturated rings. The van der Waals surface area contributed by atoms with E-state index < -0.39 is 12.0 Å². The number of hydrogen-bond donors (Lipinski definition) is 0. The summed E-state index contributed by atoms with van der Waals surface area (Å²) in [5.74, 6) is -0.454. The van der Waals surface area contributed by atoms with E-state index in [9.17, 15) is 9.59 Å². The van der Waals surface area contributed by atoms with Gasteiger partial charge in [0.05, 0.1) is 34.6 Å². The molecule has 0 radical (unpaired) electrons. The summed E-state index contributed by atoms with van der Waals surface area (Å²) in [6.07, 6.45) is 5.33. The molecule has 0 saturated heterocycles. The molecule has 0 N–H and O–H groups in total. The second-order valence-corrected chi connectivity index (χ2v) is 7.67. The summed E-state index contributed by atoms with van der Waals surface area (Å²) in [7, 11) is 1.82. The van der Waals surface area contributed by atoms with Gasteiger partial charge in [-0.2, -0.15) is 5.10 Å². The molecule has 4 rings (SSSR count). The van der Waals surface area contributed by atoms with Gasteiger partial charge in [-0.05, 0) is 25.5 Å². The maximum absolute atomic E-state index is 13.3. The monoisotopic (exact) mass is 408 g/mol. The van der Waals surface area contributed by atoms with Crippen molar-refractivity contribution in [3.8, 4) is 0 Å². The number of esters is 1. The zero-order valence-corrected chi connectivity index (χ0v) is 17.1. The van der Waals surface area contributed by atoms with Crippen molar-refractivity contribution in [2.45, 2.75) is 19.9 Å². The third-order valence-corrected chi connectivity index (χ3v) is 5.64. The van der Waals surface area contributed by atoms with Crippen LogP contribution >= 0.6 is 11.3 Å². The van der Waals surface area contributed by atoms with Gasteiger partial charge in [0, 0.05) is 18.8 Å². The predicted molar refractivity (Wildman–Crippen MR) is 110 cm³/mol. The Hall–Kier alpha value is -3.26. The molecule has 0 amide bonds. The Kier molecular flexibility index (Phi) is 5.02. The smallest absolute Gasteiger partial charge is 0.338 e. The topological polar surface area (TPSA) is 78.5 Å². The molecule has 29 heavy (non-hydrogen) atoms. The van der Waals surface area contributed by atoms with Gasteiger partial charge in [0.15, 0.2) is 4.80 Å². The third kappa shape index (κ3) is 3.47. The number of thiazole rings is 1. The lowest BCUT2D eigenvalue weighted by atomic mass is 9.96. The summed E-state index contributed by atoms with van der Waals surface area (Å²) in [4.78, 5) is 31.2. The summed E-state index contributed by atoms with van der Waals surface area (Å²) in [6.45, 7) is 3.79. The van der Waals surface area contributed by atoms with Crippen molar-refractivity contribution in [1.82, 2.24) is 14.3 Å². The van der Waals surface area contributed by atoms with Crippen LogP contribution in [0, 0.1) is 0 Å². The Morgan fingerprint density at radius 3 is 2.72 bits per heavy atom. The number of benzene rings is 1. The standard InChI is InChI=1S/C21H20N4O3S/c1-4-28-20(27)17-13(2)23-21-25(18(17)15-8-6-5-7-9-15)19(26)16(29-21)10-14-11-22-24(3)12-14/h5-12,18H,4H2,1-3H3/b16-10-. The van der Waals surface area contributed by atoms with Gasteiger partial charge in [-0.1, -0.05) is 41.7 Å². The van der Waals surface area contributed by atoms with Crippen LogP contribution in [-0.2, 0) is 16.6 Å². The van der Waals surface area contributed by atoms with Crippen LogP contribution in [0.1, 0.15) is 31.0 Å². The lowest BCUT2D eigenvalue weighted by molar-refractivity contribution is -0.139. The largest absolute Gasteiger partial charge is 0.463 e. The van der Waals surface area contributed by atoms with E-state index >= 15 is 0 Å². The predicted octanol–water partition coefficient (Wildman–Crippen LogP) is 1.53. The van der Waals surface area contributed by atoms with Crippen LogP contribution in [0.4, 0.5) is 0 Å². The molecule has 8 heteroatoms. The van der Waals surface area contributed by atoms with Crippen molar-refractivity contribution in [1.29, 1.82) is 0 Å². The second-order valence-electron chi connectivity index (χ2n) is 6.66. The highest BCUT2D eigenvalue weighted by atomic mass is 32.1. The summed E-state index contributed by atoms with van der Waals surface area (Å²) in [6, 6.07) is 8.90. The van der Waals surface area contributed by atoms with Crippen molar-refractivity contribution < 1.29 is 9.53 Å². The van der Waals surface area contributed by atoms with E-state index in [0.29, 0.717) is 20.6 Å². The zero-order chi connectivity index (χ0) is 20.5. The summed E-state index contributed by atoms with van der Waals surface area (Å²) < 4.78 is 9.08. The lowest BCUT2D eigenvalue weighted by Gasteiger charge is -2.24. The number of aromatic nitrogens is 3. The fraction of sp³-hybridized carbons (Fsp3) is 0.238. The fourth-order valence-electron chi connectivity index (χ4n) is 3.41. The minimum absolute atomic E-state index is 0.194. The van der Waals surface area contributed by atoms with Crippen LogP contribution in [0.5, 0.6) is 0 Å². The highest BCUT2D eigenvalue weighted by Gasteiger charge is 2.33. The number of carbonyl (C=O) groups excluding carboxylic acids is 1. The SMILES string of the molecule is CCOC(=O)C1=C(C)N=c2s/c(=C\c3cnn(C)c3)c(=O)n2C1c1ccccc1. The number of fused-ring (bicyclic) bond motifs is 1. The molecule has 1 atom stereocenters. The summed E-state index contributed by atoms with van der Waals surface area (Å²) in [5, 5.41) is 4.14. The molecule has 3 heterocycles. The number of aryl methyl sites for hydroxylation is 1. The number of rotatable bonds is 4. The maximum Gasteiger partial charge on any atom is 0.338 e. The van der Waals surface area contributed by atoms with Crippen molar-refractivity contribution >= 4 is 23.4 Å². The molecule has 1 aromatic carbocycles. The highest BCUT2D eigenvalue weighted by molar-refractivity contribution is 7.07. The van der Waals surface area contributed by atoms with Crippen LogP contribution in [0.15, 0.2) is 63.8 Å². The van der Waals surface area contributed by atoms with Crippen molar-refractivity contribution in [2.75, 3.05) is 6.61 Å². The Morgan fingerprint density at radius 2 is 2.07 bits per heavy atom. The van der Waals surface area contributed by atoms with Crippen molar-refractivity contribution in [3.63, 3.8) is 0 Å². The summed E-state index contributed by atoms with van der Waals surface area (Å²) >= 11 is 1.30. The number of nitrogens with zero attached hydrogens (tertiary/aromatic N) is 4. The molecular formula is C21H20N4O3S. The van der Waals surface area contributed by atoms with Gasteiger partial charge in [0.2, 0.25) is 0 Å². The van der Waals surface area contributed by atoms with Crippen LogP contribution in [0.3, 0.4) is 0 Å². The molecule has 1 aliphatic heterocycles. The molecule has 1 unspecified atom stereocenters. The second kappa shape index (κ2) is 7.63. The molecule has 7 nitrogen and oxygen atoms in total. The van der Waals surface area contributed by atoms with Crippen molar-refractivity contribution in [2.24, 2.45) is 12.0 Å². The first-order chi connectivity index (χ1) is 14.0. The number of hydrogen-bond acceptors (Lipinski definition) is 6. The van der Waals surface area contributed by atoms with Gasteiger partial charge < -0.3 is 4.74 Å². The molecule has 0 spiro atoms. The first-order valence-corrected chi connectivity index (χ1v) is 10.0. The fourth-order valence-corrected chi connectivity index (χ4v) is 4.45. The minimum Gasteiger partial charge on any atom is -0.463 e. The Bertz CT molecular complexity index is 1280. The van der Waals surface area contributed by atoms with Gasteiger partial charge in [0.1, 0.15) is 0 Å². The average Bonchev–Trinajstić information content (AvgIpc) is 3.24. The quantitative estimate of drug-likeness (QED) is 0.614. The van der Waals surface area contributed by atoms with E-state index in [2.05, 4.69) is 10.1 Å². The number of carbonyl (C=O) groups is 1. The molecule has 0 bridgehead atoms. The van der Waals surface area contributed by atoms with E-state index in [0.717, 1.165) is 11.1 Å². The first-order valence-electron chi connectivity index (χ1n) is 9.23. The Balaban J connectivity index is 1.96. The van der Waals surface area contributed by atoms with Crippen LogP contribution in [0.2, 0.25) is 0 Å². The lowest BCUT2D eigenvalue weighted by Crippen LogP contribution is -2.39. The van der Waals surface area contributed by atoms with E-state index in [-0.39, 0.29) is 12.2 Å². The van der Waals surface area contributed by atoms with Gasteiger partial charge >= 0.3 is 5.97 Å². The van der Waals surface area contributed by atoms with Crippen LogP contribution in [-0.4, -0.2) is 26.9 Å². The molecule has 148 valence electrons. The minimum atomic E-state index is -0.581. The van der Waals surface area contributed by atoms with Gasteiger partial charge in [-0.3, -0.25) is 14.0 Å². The molecule has 1 aliphatic rings. The molecule has 0 saturated carbocycles. The van der Waals surface area contributed by atoms with Crippen LogP contribution < -0.4 is 14.9 Å². The maximum atomic E-state index is 13.3. The molecule has 0 aliphatic carbocycles. The molecule has 3 aromatic rings. The van der Waals surface area contributed by atoms with Gasteiger partial charge in [0.25, 0.3) is 5.56 Å². The highest BCUT2D eigenvalue weighted by Crippen LogP contribution is 2.30. The molecular weight excluding hydrogens is 388 g/mol. The first kappa shape index (κ1) is 19.1. The number of allylic oxidation sites excluding steroid dienone is 1. The Morgan fingerprint density at radius 1 is 1.31 bits per heavy atom. The third-order valence-electron chi connectivity index (χ3n) is 4.65. The van der Waals surface area contributed by atoms with Gasteiger partial charge in [-0.25, -0.2) is 9.79 Å². The van der Waals surface area contributed by atoms with E-state index in [1.807, 2.05) is 43.6 Å². The van der Waals surface area contributed by atoms with E-state index in [1.165, 1.54) is 11.3 Å². The van der Waals surface area contributed by atoms with Crippen molar-refractivity contribution in [3.05, 3.63) is 84.8 Å². The van der Waals surface area contributed by atoms with E-state index in [1.54, 1.807) is 35.4 Å². The zero-order valence-electron chi connectivity index (χ0n) is 16.3. The number of ether oxygens (including phenoxy) is 1. The average molecular weight is 408 g/mol. The van der Waals surface area contributed by atoms with Crippen LogP contribution in [0.25, 0.3) is 6.08 Å².